The summed E-state index contributed by atoms with van der Waals surface area (Å²) in [4.78, 5) is 0. The topological polar surface area (TPSA) is 46.2 Å². The van der Waals surface area contributed by atoms with Gasteiger partial charge >= 0.3 is 0 Å². The Labute approximate surface area is 851 Å². The predicted octanol–water partition coefficient (Wildman–Crippen LogP) is 30.1. The molecule has 15 rings (SSSR count). The Morgan fingerprint density at radius 3 is 0.820 bits per heavy atom. The van der Waals surface area contributed by atoms with Crippen molar-refractivity contribution in [2.24, 2.45) is 0 Å². The van der Waals surface area contributed by atoms with E-state index < -0.39 is 0 Å². The molecular weight excluding hydrogens is 1880 g/mol. The first-order chi connectivity index (χ1) is 66.8. The highest BCUT2D eigenvalue weighted by molar-refractivity contribution is 7.59. The zero-order valence-corrected chi connectivity index (χ0v) is 96.0. The highest BCUT2D eigenvalue weighted by atomic mass is 31.1. The smallest absolute Gasteiger partial charge is 0.131 e. The number of ether oxygens (including phenoxy) is 5. The Bertz CT molecular complexity index is 6300. The summed E-state index contributed by atoms with van der Waals surface area (Å²) in [5.74, 6) is 5.18. The second kappa shape index (κ2) is 56.6. The van der Waals surface area contributed by atoms with Crippen LogP contribution in [-0.4, -0.2) is 66.6 Å². The Kier molecular flexibility index (Phi) is 45.2. The molecule has 0 aliphatic heterocycles. The quantitative estimate of drug-likeness (QED) is 0.0371. The van der Waals surface area contributed by atoms with Crippen LogP contribution in [0.5, 0.6) is 28.7 Å². The van der Waals surface area contributed by atoms with Gasteiger partial charge in [0.1, 0.15) is 61.8 Å². The maximum Gasteiger partial charge on any atom is 0.131 e. The summed E-state index contributed by atoms with van der Waals surface area (Å²) in [6.45, 7) is 55.5. The lowest BCUT2D eigenvalue weighted by Gasteiger charge is -2.26. The third-order valence-electron chi connectivity index (χ3n) is 23.4. The van der Waals surface area contributed by atoms with Gasteiger partial charge in [-0.15, -0.1) is 39.6 Å². The standard InChI is InChI=1S/C28H36OP2.C25H30OP2.2C24H28OP2.C23H26OP2/c1-20-16-24(28(3,4)5)26(29-18-22-13-9-8-10-14-22)25(17-20)30-27-21(2)12-11-15-23(27)19-31(6)7;1-18-14-20(3)24(26-16-21-11-7-6-8-12-21)23(15-18)27-25-19(2)10-9-13-22(25)17-28(4)5;1-18-10-9-15-22(23(18)25-16-20-12-6-5-7-13-20)26-24-19(2)11-8-14-21(24)17-27(3)4;1-18-13-14-22(25-16-20-10-6-5-7-11-20)23(15-18)26-24-19(2)9-8-12-21(24)17-27(3)4;1-18-10-9-13-20(17-26(2)3)23(18)25-22-15-8-7-14-21(22)24-16-19-11-5-4-6-12-19/h8-17,30H,18-19H2,1-7H3;6-15,27H,16-17H2,1-5H3;2*5-15,26H,16-17H2,1-4H3;4-15,25H,16-17H2,1-3H3. The van der Waals surface area contributed by atoms with Crippen LogP contribution in [0, 0.1) is 69.2 Å². The van der Waals surface area contributed by atoms with Crippen LogP contribution in [0.2, 0.25) is 0 Å². The molecule has 0 bridgehead atoms. The molecule has 0 saturated heterocycles. The lowest BCUT2D eigenvalue weighted by molar-refractivity contribution is 0.300. The molecule has 5 atom stereocenters. The molecule has 15 aromatic rings. The summed E-state index contributed by atoms with van der Waals surface area (Å²) in [6.07, 6.45) is 5.92. The third-order valence-corrected chi connectivity index (χ3v) is 36.4. The van der Waals surface area contributed by atoms with Crippen molar-refractivity contribution in [3.63, 3.8) is 0 Å². The zero-order valence-electron chi connectivity index (χ0n) is 86.5. The number of aryl methyl sites for hydroxylation is 10. The fourth-order valence-electron chi connectivity index (χ4n) is 16.6. The van der Waals surface area contributed by atoms with Gasteiger partial charge in [0.25, 0.3) is 0 Å². The van der Waals surface area contributed by atoms with E-state index in [2.05, 4.69) is 460 Å². The molecule has 5 unspecified atom stereocenters. The Balaban J connectivity index is 0.000000167. The van der Waals surface area contributed by atoms with Gasteiger partial charge < -0.3 is 23.7 Å². The fraction of sp³-hybridized carbons (Fsp3) is 0.274. The summed E-state index contributed by atoms with van der Waals surface area (Å²) >= 11 is 0. The van der Waals surface area contributed by atoms with Gasteiger partial charge in [-0.2, -0.15) is 0 Å². The zero-order chi connectivity index (χ0) is 99.5. The van der Waals surface area contributed by atoms with Crippen molar-refractivity contribution >= 4 is 136 Å². The van der Waals surface area contributed by atoms with Crippen molar-refractivity contribution in [2.75, 3.05) is 66.6 Å². The van der Waals surface area contributed by atoms with Gasteiger partial charge in [-0.3, -0.25) is 0 Å². The molecular formula is C124H148O5P10. The Hall–Kier alpha value is -8.40. The molecule has 0 amide bonds. The van der Waals surface area contributed by atoms with Crippen LogP contribution in [-0.2, 0) is 69.3 Å². The summed E-state index contributed by atoms with van der Waals surface area (Å²) in [5, 5.41) is 14.0. The maximum absolute atomic E-state index is 6.58. The Morgan fingerprint density at radius 2 is 0.468 bits per heavy atom. The van der Waals surface area contributed by atoms with Gasteiger partial charge in [-0.05, 0) is 335 Å². The monoisotopic (exact) mass is 2030 g/mol. The fourth-order valence-corrected chi connectivity index (χ4v) is 29.3. The largest absolute Gasteiger partial charge is 0.488 e. The molecule has 0 aromatic heterocycles. The third kappa shape index (κ3) is 35.9. The summed E-state index contributed by atoms with van der Waals surface area (Å²) in [5.41, 5.74) is 28.1. The average Bonchev–Trinajstić information content (AvgIpc) is 0.782. The van der Waals surface area contributed by atoms with Crippen LogP contribution >= 0.6 is 82.5 Å². The van der Waals surface area contributed by atoms with E-state index in [1.807, 2.05) is 24.3 Å². The highest BCUT2D eigenvalue weighted by Gasteiger charge is 2.26. The van der Waals surface area contributed by atoms with E-state index in [0.29, 0.717) is 75.9 Å². The van der Waals surface area contributed by atoms with Crippen LogP contribution in [0.1, 0.15) is 138 Å². The lowest BCUT2D eigenvalue weighted by Crippen LogP contribution is -2.20. The van der Waals surface area contributed by atoms with E-state index in [4.69, 9.17) is 23.7 Å². The minimum absolute atomic E-state index is 0.0176. The molecule has 0 saturated carbocycles. The van der Waals surface area contributed by atoms with E-state index in [0.717, 1.165) is 28.7 Å². The molecule has 0 fully saturated rings. The van der Waals surface area contributed by atoms with Gasteiger partial charge in [-0.1, -0.05) is 366 Å². The molecule has 0 aliphatic rings. The summed E-state index contributed by atoms with van der Waals surface area (Å²) < 4.78 is 31.6. The van der Waals surface area contributed by atoms with E-state index in [-0.39, 0.29) is 45.0 Å². The SMILES string of the molecule is Cc1cc(C)c(OCc2ccccc2)c(Pc2c(C)cccc2CP(C)C)c1.Cc1cc(Pc2c(C)cccc2CP(C)C)c(OCc2ccccc2)c(C(C)(C)C)c1.Cc1ccc(OCc2ccccc2)c(Pc2c(C)cccc2CP(C)C)c1.Cc1cccc(CP(C)C)c1Pc1ccccc1OCc1ccccc1.Cc1cccc(Pc2c(C)cccc2CP(C)C)c1OCc1ccccc1. The van der Waals surface area contributed by atoms with Crippen molar-refractivity contribution in [3.05, 3.63) is 444 Å². The van der Waals surface area contributed by atoms with Crippen LogP contribution in [0.25, 0.3) is 0 Å². The lowest BCUT2D eigenvalue weighted by atomic mass is 9.85. The van der Waals surface area contributed by atoms with Crippen LogP contribution in [0.4, 0.5) is 0 Å². The molecule has 139 heavy (non-hydrogen) atoms. The van der Waals surface area contributed by atoms with Gasteiger partial charge in [0.15, 0.2) is 0 Å². The van der Waals surface area contributed by atoms with Gasteiger partial charge in [0.2, 0.25) is 0 Å². The number of hydrogen-bond donors (Lipinski definition) is 0. The van der Waals surface area contributed by atoms with Gasteiger partial charge in [0.05, 0.1) is 0 Å². The van der Waals surface area contributed by atoms with E-state index in [1.54, 1.807) is 0 Å². The van der Waals surface area contributed by atoms with E-state index >= 15 is 0 Å². The molecule has 724 valence electrons. The number of benzene rings is 15. The second-order valence-corrected chi connectivity index (χ2v) is 57.4. The Morgan fingerprint density at radius 1 is 0.209 bits per heavy atom. The molecule has 0 aliphatic carbocycles. The van der Waals surface area contributed by atoms with Crippen molar-refractivity contribution in [1.82, 2.24) is 0 Å². The van der Waals surface area contributed by atoms with E-state index in [9.17, 15) is 0 Å². The molecule has 15 heteroatoms. The maximum atomic E-state index is 6.58. The van der Waals surface area contributed by atoms with Gasteiger partial charge in [0, 0.05) is 32.1 Å². The van der Waals surface area contributed by atoms with Crippen molar-refractivity contribution in [1.29, 1.82) is 0 Å². The van der Waals surface area contributed by atoms with Crippen molar-refractivity contribution in [2.45, 2.75) is 159 Å². The average molecular weight is 2030 g/mol. The minimum Gasteiger partial charge on any atom is -0.488 e. The van der Waals surface area contributed by atoms with Crippen LogP contribution in [0.15, 0.2) is 328 Å². The number of hydrogen-bond acceptors (Lipinski definition) is 5. The summed E-state index contributed by atoms with van der Waals surface area (Å²) in [6, 6.07) is 116. The normalized spacial score (nSPS) is 11.6. The highest BCUT2D eigenvalue weighted by Crippen LogP contribution is 2.41. The first-order valence-electron chi connectivity index (χ1n) is 48.2. The molecule has 15 aromatic carbocycles. The second-order valence-electron chi connectivity index (χ2n) is 38.6. The number of para-hydroxylation sites is 2. The van der Waals surface area contributed by atoms with Crippen molar-refractivity contribution in [3.8, 4) is 28.7 Å². The number of rotatable bonds is 35. The van der Waals surface area contributed by atoms with E-state index in [1.165, 1.54) is 201 Å². The predicted molar refractivity (Wildman–Crippen MR) is 635 cm³/mol. The molecule has 0 radical (unpaired) electrons. The molecule has 0 heterocycles. The molecule has 0 N–H and O–H groups in total. The van der Waals surface area contributed by atoms with Crippen LogP contribution in [0.3, 0.4) is 0 Å². The minimum atomic E-state index is 0.0176. The molecule has 5 nitrogen and oxygen atoms in total. The first kappa shape index (κ1) is 111. The van der Waals surface area contributed by atoms with Crippen LogP contribution < -0.4 is 76.7 Å². The first-order valence-corrected chi connectivity index (χ1v) is 65.3. The van der Waals surface area contributed by atoms with Crippen molar-refractivity contribution < 1.29 is 23.7 Å². The molecule has 0 spiro atoms. The summed E-state index contributed by atoms with van der Waals surface area (Å²) in [7, 11) is 3.27. The van der Waals surface area contributed by atoms with Gasteiger partial charge in [-0.25, -0.2) is 0 Å².